The van der Waals surface area contributed by atoms with Gasteiger partial charge in [0.25, 0.3) is 5.91 Å². The number of halogens is 1. The van der Waals surface area contributed by atoms with Crippen LogP contribution in [0.15, 0.2) is 4.99 Å². The Morgan fingerprint density at radius 1 is 1.89 bits per heavy atom. The van der Waals surface area contributed by atoms with Gasteiger partial charge in [-0.25, -0.2) is 0 Å². The SMILES string of the molecule is CN1C(N)=NC(=O)C1Cl. The summed E-state index contributed by atoms with van der Waals surface area (Å²) in [6.45, 7) is 0. The summed E-state index contributed by atoms with van der Waals surface area (Å²) in [5.41, 5.74) is 4.53. The summed E-state index contributed by atoms with van der Waals surface area (Å²) >= 11 is 5.49. The number of carbonyl (C=O) groups excluding carboxylic acids is 1. The van der Waals surface area contributed by atoms with Crippen LogP contribution in [0.4, 0.5) is 0 Å². The minimum Gasteiger partial charge on any atom is -0.369 e. The summed E-state index contributed by atoms with van der Waals surface area (Å²) in [6.07, 6.45) is 0. The summed E-state index contributed by atoms with van der Waals surface area (Å²) in [6, 6.07) is 0. The van der Waals surface area contributed by atoms with Crippen molar-refractivity contribution in [1.82, 2.24) is 4.90 Å². The van der Waals surface area contributed by atoms with Gasteiger partial charge < -0.3 is 10.6 Å². The van der Waals surface area contributed by atoms with Crippen LogP contribution in [0.3, 0.4) is 0 Å². The van der Waals surface area contributed by atoms with E-state index in [0.717, 1.165) is 0 Å². The lowest BCUT2D eigenvalue weighted by atomic mass is 10.6. The van der Waals surface area contributed by atoms with Gasteiger partial charge in [0.2, 0.25) is 5.96 Å². The lowest BCUT2D eigenvalue weighted by Gasteiger charge is -2.11. The highest BCUT2D eigenvalue weighted by atomic mass is 35.5. The molecule has 9 heavy (non-hydrogen) atoms. The van der Waals surface area contributed by atoms with E-state index in [2.05, 4.69) is 4.99 Å². The van der Waals surface area contributed by atoms with E-state index in [9.17, 15) is 4.79 Å². The van der Waals surface area contributed by atoms with Crippen LogP contribution in [0.25, 0.3) is 0 Å². The van der Waals surface area contributed by atoms with Crippen LogP contribution < -0.4 is 5.73 Å². The predicted molar refractivity (Wildman–Crippen MR) is 34.0 cm³/mol. The molecular weight excluding hydrogens is 142 g/mol. The molecule has 0 radical (unpaired) electrons. The summed E-state index contributed by atoms with van der Waals surface area (Å²) in [5.74, 6) is -0.211. The first kappa shape index (κ1) is 6.35. The molecule has 2 N–H and O–H groups in total. The van der Waals surface area contributed by atoms with Gasteiger partial charge in [-0.05, 0) is 0 Å². The summed E-state index contributed by atoms with van der Waals surface area (Å²) in [4.78, 5) is 15.4. The molecule has 0 saturated carbocycles. The fraction of sp³-hybridized carbons (Fsp3) is 0.500. The van der Waals surface area contributed by atoms with Crippen LogP contribution in [0.2, 0.25) is 0 Å². The number of guanidine groups is 1. The molecule has 0 aromatic carbocycles. The molecule has 0 spiro atoms. The van der Waals surface area contributed by atoms with E-state index in [4.69, 9.17) is 17.3 Å². The van der Waals surface area contributed by atoms with Crippen LogP contribution in [-0.2, 0) is 4.79 Å². The van der Waals surface area contributed by atoms with Crippen molar-refractivity contribution in [3.63, 3.8) is 0 Å². The maximum atomic E-state index is 10.6. The molecule has 1 unspecified atom stereocenters. The number of hydrogen-bond donors (Lipinski definition) is 1. The van der Waals surface area contributed by atoms with Crippen molar-refractivity contribution in [2.24, 2.45) is 10.7 Å². The van der Waals surface area contributed by atoms with Crippen LogP contribution in [0, 0.1) is 0 Å². The zero-order valence-corrected chi connectivity index (χ0v) is 5.59. The molecule has 5 heteroatoms. The van der Waals surface area contributed by atoms with Crippen molar-refractivity contribution in [3.8, 4) is 0 Å². The lowest BCUT2D eigenvalue weighted by molar-refractivity contribution is -0.118. The van der Waals surface area contributed by atoms with E-state index in [-0.39, 0.29) is 5.96 Å². The fourth-order valence-electron chi connectivity index (χ4n) is 0.527. The number of nitrogens with zero attached hydrogens (tertiary/aromatic N) is 2. The molecule has 1 atom stereocenters. The van der Waals surface area contributed by atoms with Gasteiger partial charge in [-0.2, -0.15) is 4.99 Å². The van der Waals surface area contributed by atoms with E-state index >= 15 is 0 Å². The Labute approximate surface area is 57.3 Å². The zero-order chi connectivity index (χ0) is 7.02. The third-order valence-corrected chi connectivity index (χ3v) is 1.61. The first-order valence-corrected chi connectivity index (χ1v) is 2.81. The molecular formula is C4H6ClN3O. The van der Waals surface area contributed by atoms with Crippen LogP contribution in [0.5, 0.6) is 0 Å². The number of hydrogen-bond acceptors (Lipinski definition) is 3. The highest BCUT2D eigenvalue weighted by Gasteiger charge is 2.28. The molecule has 4 nitrogen and oxygen atoms in total. The van der Waals surface area contributed by atoms with Gasteiger partial charge in [-0.1, -0.05) is 11.6 Å². The number of carbonyl (C=O) groups is 1. The Bertz CT molecular complexity index is 179. The van der Waals surface area contributed by atoms with Crippen molar-refractivity contribution in [2.75, 3.05) is 7.05 Å². The number of amides is 1. The maximum Gasteiger partial charge on any atom is 0.287 e. The Morgan fingerprint density at radius 3 is 2.56 bits per heavy atom. The quantitative estimate of drug-likeness (QED) is 0.366. The van der Waals surface area contributed by atoms with E-state index in [1.807, 2.05) is 0 Å². The average molecular weight is 148 g/mol. The van der Waals surface area contributed by atoms with Crippen LogP contribution in [-0.4, -0.2) is 29.3 Å². The van der Waals surface area contributed by atoms with Crippen LogP contribution in [0.1, 0.15) is 0 Å². The van der Waals surface area contributed by atoms with Crippen LogP contribution >= 0.6 is 11.6 Å². The Morgan fingerprint density at radius 2 is 2.44 bits per heavy atom. The van der Waals surface area contributed by atoms with Gasteiger partial charge in [-0.15, -0.1) is 0 Å². The van der Waals surface area contributed by atoms with Crippen molar-refractivity contribution < 1.29 is 4.79 Å². The van der Waals surface area contributed by atoms with Gasteiger partial charge in [-0.3, -0.25) is 4.79 Å². The molecule has 1 rings (SSSR count). The molecule has 1 heterocycles. The molecule has 1 aliphatic rings. The van der Waals surface area contributed by atoms with E-state index in [1.165, 1.54) is 4.90 Å². The van der Waals surface area contributed by atoms with Crippen molar-refractivity contribution >= 4 is 23.5 Å². The lowest BCUT2D eigenvalue weighted by Crippen LogP contribution is -2.34. The third-order valence-electron chi connectivity index (χ3n) is 1.13. The van der Waals surface area contributed by atoms with Crippen molar-refractivity contribution in [3.05, 3.63) is 0 Å². The fourth-order valence-corrected chi connectivity index (χ4v) is 0.676. The number of likely N-dealkylation sites (N-methyl/N-ethyl adjacent to an activating group) is 1. The molecule has 0 bridgehead atoms. The number of aliphatic imine (C=N–C) groups is 1. The van der Waals surface area contributed by atoms with Gasteiger partial charge in [0.1, 0.15) is 0 Å². The minimum absolute atomic E-state index is 0.181. The van der Waals surface area contributed by atoms with Gasteiger partial charge >= 0.3 is 0 Å². The van der Waals surface area contributed by atoms with Gasteiger partial charge in [0, 0.05) is 7.05 Å². The second-order valence-electron chi connectivity index (χ2n) is 1.75. The molecule has 0 fully saturated rings. The molecule has 0 aromatic heterocycles. The maximum absolute atomic E-state index is 10.6. The van der Waals surface area contributed by atoms with E-state index in [0.29, 0.717) is 0 Å². The molecule has 1 amide bonds. The first-order valence-electron chi connectivity index (χ1n) is 2.38. The summed E-state index contributed by atoms with van der Waals surface area (Å²) < 4.78 is 0. The minimum atomic E-state index is -0.704. The second kappa shape index (κ2) is 1.88. The van der Waals surface area contributed by atoms with E-state index in [1.54, 1.807) is 7.05 Å². The number of nitrogens with two attached hydrogens (primary N) is 1. The normalized spacial score (nSPS) is 26.9. The zero-order valence-electron chi connectivity index (χ0n) is 4.84. The Balaban J connectivity index is 2.82. The van der Waals surface area contributed by atoms with E-state index < -0.39 is 11.4 Å². The average Bonchev–Trinajstić information content (AvgIpc) is 1.98. The number of rotatable bonds is 0. The van der Waals surface area contributed by atoms with Gasteiger partial charge in [0.05, 0.1) is 0 Å². The molecule has 1 aliphatic heterocycles. The summed E-state index contributed by atoms with van der Waals surface area (Å²) in [7, 11) is 1.61. The highest BCUT2D eigenvalue weighted by Crippen LogP contribution is 2.09. The standard InChI is InChI=1S/C4H6ClN3O/c1-8-2(5)3(9)7-4(8)6/h2H,1H3,(H2,6,7,9). The third kappa shape index (κ3) is 0.853. The predicted octanol–water partition coefficient (Wildman–Crippen LogP) is -0.662. The topological polar surface area (TPSA) is 58.7 Å². The Hall–Kier alpha value is -0.770. The first-order chi connectivity index (χ1) is 4.13. The largest absolute Gasteiger partial charge is 0.369 e. The molecule has 50 valence electrons. The molecule has 0 aliphatic carbocycles. The molecule has 0 aromatic rings. The Kier molecular flexibility index (Phi) is 1.32. The highest BCUT2D eigenvalue weighted by molar-refractivity contribution is 6.33. The summed E-state index contributed by atoms with van der Waals surface area (Å²) in [5, 5.41) is 0. The van der Waals surface area contributed by atoms with Crippen molar-refractivity contribution in [2.45, 2.75) is 5.50 Å². The monoisotopic (exact) mass is 147 g/mol. The molecule has 0 saturated heterocycles. The number of alkyl halides is 1. The second-order valence-corrected chi connectivity index (χ2v) is 2.17. The van der Waals surface area contributed by atoms with Gasteiger partial charge in [0.15, 0.2) is 5.50 Å². The smallest absolute Gasteiger partial charge is 0.287 e. The van der Waals surface area contributed by atoms with Crippen molar-refractivity contribution in [1.29, 1.82) is 0 Å².